The van der Waals surface area contributed by atoms with Crippen molar-refractivity contribution in [3.8, 4) is 6.07 Å². The summed E-state index contributed by atoms with van der Waals surface area (Å²) in [6.07, 6.45) is 5.22. The summed E-state index contributed by atoms with van der Waals surface area (Å²) in [6.45, 7) is 7.08. The van der Waals surface area contributed by atoms with Crippen molar-refractivity contribution in [2.75, 3.05) is 13.2 Å². The third-order valence-electron chi connectivity index (χ3n) is 4.75. The van der Waals surface area contributed by atoms with Gasteiger partial charge >= 0.3 is 0 Å². The van der Waals surface area contributed by atoms with Gasteiger partial charge in [0.15, 0.2) is 11.6 Å². The fourth-order valence-electron chi connectivity index (χ4n) is 3.96. The Morgan fingerprint density at radius 2 is 1.90 bits per heavy atom. The van der Waals surface area contributed by atoms with Crippen LogP contribution in [0.15, 0.2) is 23.3 Å². The molecule has 3 rings (SSSR count). The van der Waals surface area contributed by atoms with Gasteiger partial charge in [-0.05, 0) is 13.8 Å². The van der Waals surface area contributed by atoms with Crippen LogP contribution in [0.25, 0.3) is 0 Å². The first-order valence-corrected chi connectivity index (χ1v) is 7.00. The number of hydrogen-bond acceptors (Lipinski definition) is 4. The fraction of sp³-hybridized carbons (Fsp3) is 0.625. The van der Waals surface area contributed by atoms with Gasteiger partial charge in [0.1, 0.15) is 6.07 Å². The lowest BCUT2D eigenvalue weighted by Gasteiger charge is -2.48. The number of allylic oxidation sites excluding steroid dienone is 3. The Kier molecular flexibility index (Phi) is 2.73. The number of Topliss-reactive ketones (excluding diaryl/α,β-unsaturated/α-hetero) is 1. The van der Waals surface area contributed by atoms with E-state index in [-0.39, 0.29) is 16.8 Å². The molecule has 1 heterocycles. The van der Waals surface area contributed by atoms with E-state index in [4.69, 9.17) is 9.47 Å². The number of carbonyl (C=O) groups is 1. The molecule has 0 bridgehead atoms. The van der Waals surface area contributed by atoms with E-state index < -0.39 is 11.2 Å². The van der Waals surface area contributed by atoms with Crippen LogP contribution in [0, 0.1) is 22.2 Å². The molecule has 3 aliphatic rings. The Balaban J connectivity index is 2.11. The SMILES string of the molecule is CC12C=C(C#N)C(=O)C(C)(C)C1=CCC1(C2)OCCO1. The van der Waals surface area contributed by atoms with Gasteiger partial charge in [-0.2, -0.15) is 5.26 Å². The highest BCUT2D eigenvalue weighted by Gasteiger charge is 2.54. The Bertz CT molecular complexity index is 573. The maximum Gasteiger partial charge on any atom is 0.182 e. The second kappa shape index (κ2) is 4.03. The molecular formula is C16H19NO3. The number of hydrogen-bond donors (Lipinski definition) is 0. The average molecular weight is 273 g/mol. The Labute approximate surface area is 119 Å². The quantitative estimate of drug-likeness (QED) is 0.636. The third kappa shape index (κ3) is 1.70. The van der Waals surface area contributed by atoms with Crippen molar-refractivity contribution in [3.63, 3.8) is 0 Å². The van der Waals surface area contributed by atoms with Crippen LogP contribution in [0.2, 0.25) is 0 Å². The van der Waals surface area contributed by atoms with E-state index in [1.807, 2.05) is 19.9 Å². The van der Waals surface area contributed by atoms with Gasteiger partial charge in [0.2, 0.25) is 0 Å². The second-order valence-electron chi connectivity index (χ2n) is 6.65. The molecule has 20 heavy (non-hydrogen) atoms. The van der Waals surface area contributed by atoms with Crippen LogP contribution in [0.3, 0.4) is 0 Å². The first-order chi connectivity index (χ1) is 9.33. The molecule has 0 radical (unpaired) electrons. The van der Waals surface area contributed by atoms with E-state index in [1.54, 1.807) is 6.08 Å². The summed E-state index contributed by atoms with van der Waals surface area (Å²) in [7, 11) is 0. The van der Waals surface area contributed by atoms with Crippen molar-refractivity contribution in [3.05, 3.63) is 23.3 Å². The maximum atomic E-state index is 12.4. The molecule has 1 spiro atoms. The van der Waals surface area contributed by atoms with Gasteiger partial charge < -0.3 is 9.47 Å². The maximum absolute atomic E-state index is 12.4. The predicted octanol–water partition coefficient (Wildman–Crippen LogP) is 2.51. The minimum atomic E-state index is -0.630. The molecule has 1 aliphatic heterocycles. The van der Waals surface area contributed by atoms with Gasteiger partial charge in [-0.25, -0.2) is 0 Å². The normalized spacial score (nSPS) is 34.2. The third-order valence-corrected chi connectivity index (χ3v) is 4.75. The van der Waals surface area contributed by atoms with Crippen LogP contribution in [0.5, 0.6) is 0 Å². The largest absolute Gasteiger partial charge is 0.347 e. The number of carbonyl (C=O) groups excluding carboxylic acids is 1. The Hall–Kier alpha value is -1.44. The summed E-state index contributed by atoms with van der Waals surface area (Å²) < 4.78 is 11.6. The van der Waals surface area contributed by atoms with E-state index in [2.05, 4.69) is 13.0 Å². The molecule has 2 aliphatic carbocycles. The predicted molar refractivity (Wildman–Crippen MR) is 72.5 cm³/mol. The van der Waals surface area contributed by atoms with E-state index in [0.29, 0.717) is 26.1 Å². The van der Waals surface area contributed by atoms with Gasteiger partial charge in [-0.1, -0.05) is 24.6 Å². The van der Waals surface area contributed by atoms with Crippen LogP contribution >= 0.6 is 0 Å². The molecule has 1 unspecified atom stereocenters. The average Bonchev–Trinajstić information content (AvgIpc) is 2.81. The highest BCUT2D eigenvalue weighted by molar-refractivity contribution is 6.06. The molecule has 0 aromatic carbocycles. The molecule has 0 saturated carbocycles. The molecule has 0 aromatic rings. The first-order valence-electron chi connectivity index (χ1n) is 7.00. The number of rotatable bonds is 0. The van der Waals surface area contributed by atoms with Crippen molar-refractivity contribution in [1.82, 2.24) is 0 Å². The number of ether oxygens (including phenoxy) is 2. The van der Waals surface area contributed by atoms with Crippen LogP contribution in [-0.4, -0.2) is 24.8 Å². The summed E-state index contributed by atoms with van der Waals surface area (Å²) in [4.78, 5) is 12.4. The van der Waals surface area contributed by atoms with Crippen molar-refractivity contribution in [2.45, 2.75) is 39.4 Å². The molecule has 0 aromatic heterocycles. The summed E-state index contributed by atoms with van der Waals surface area (Å²) in [5, 5.41) is 9.23. The summed E-state index contributed by atoms with van der Waals surface area (Å²) in [6, 6.07) is 2.05. The molecular weight excluding hydrogens is 254 g/mol. The van der Waals surface area contributed by atoms with E-state index in [0.717, 1.165) is 5.57 Å². The number of nitriles is 1. The van der Waals surface area contributed by atoms with Crippen molar-refractivity contribution < 1.29 is 14.3 Å². The zero-order valence-electron chi connectivity index (χ0n) is 12.2. The summed E-state index contributed by atoms with van der Waals surface area (Å²) in [5.41, 5.74) is 0.350. The fourth-order valence-corrected chi connectivity index (χ4v) is 3.96. The molecule has 0 N–H and O–H groups in total. The molecule has 1 atom stereocenters. The summed E-state index contributed by atoms with van der Waals surface area (Å²) in [5.74, 6) is -0.667. The number of nitrogens with zero attached hydrogens (tertiary/aromatic N) is 1. The van der Waals surface area contributed by atoms with Gasteiger partial charge in [0, 0.05) is 18.3 Å². The first kappa shape index (κ1) is 13.5. The van der Waals surface area contributed by atoms with Crippen molar-refractivity contribution in [1.29, 1.82) is 5.26 Å². The lowest BCUT2D eigenvalue weighted by atomic mass is 9.57. The zero-order chi connectivity index (χ0) is 14.6. The number of fused-ring (bicyclic) bond motifs is 1. The van der Waals surface area contributed by atoms with Gasteiger partial charge in [-0.3, -0.25) is 4.79 Å². The molecule has 106 valence electrons. The molecule has 1 fully saturated rings. The van der Waals surface area contributed by atoms with Gasteiger partial charge in [0.25, 0.3) is 0 Å². The smallest absolute Gasteiger partial charge is 0.182 e. The lowest BCUT2D eigenvalue weighted by molar-refractivity contribution is -0.176. The minimum absolute atomic E-state index is 0.0899. The molecule has 4 heteroatoms. The van der Waals surface area contributed by atoms with Crippen LogP contribution < -0.4 is 0 Å². The van der Waals surface area contributed by atoms with Crippen LogP contribution in [0.4, 0.5) is 0 Å². The van der Waals surface area contributed by atoms with Crippen molar-refractivity contribution >= 4 is 5.78 Å². The van der Waals surface area contributed by atoms with Crippen molar-refractivity contribution in [2.24, 2.45) is 10.8 Å². The molecule has 4 nitrogen and oxygen atoms in total. The van der Waals surface area contributed by atoms with Crippen LogP contribution in [0.1, 0.15) is 33.6 Å². The standard InChI is InChI=1S/C16H19NO3/c1-14(2)12-4-5-16(19-6-7-20-16)10-15(12,3)8-11(9-17)13(14)18/h4,8H,5-7,10H2,1-3H3. The molecule has 1 saturated heterocycles. The molecule has 0 amide bonds. The van der Waals surface area contributed by atoms with E-state index in [9.17, 15) is 10.1 Å². The highest BCUT2D eigenvalue weighted by atomic mass is 16.7. The van der Waals surface area contributed by atoms with Crippen LogP contribution in [-0.2, 0) is 14.3 Å². The topological polar surface area (TPSA) is 59.3 Å². The monoisotopic (exact) mass is 273 g/mol. The second-order valence-corrected chi connectivity index (χ2v) is 6.65. The van der Waals surface area contributed by atoms with Gasteiger partial charge in [0.05, 0.1) is 24.2 Å². The highest BCUT2D eigenvalue weighted by Crippen LogP contribution is 2.55. The van der Waals surface area contributed by atoms with E-state index >= 15 is 0 Å². The van der Waals surface area contributed by atoms with E-state index in [1.165, 1.54) is 0 Å². The summed E-state index contributed by atoms with van der Waals surface area (Å²) >= 11 is 0. The van der Waals surface area contributed by atoms with Gasteiger partial charge in [-0.15, -0.1) is 0 Å². The zero-order valence-corrected chi connectivity index (χ0v) is 12.2. The minimum Gasteiger partial charge on any atom is -0.347 e. The lowest BCUT2D eigenvalue weighted by Crippen LogP contribution is -2.47. The Morgan fingerprint density at radius 1 is 1.25 bits per heavy atom. The Morgan fingerprint density at radius 3 is 2.50 bits per heavy atom. The number of ketones is 1.